The molecule has 0 aliphatic carbocycles. The molecule has 1 aromatic carbocycles. The van der Waals surface area contributed by atoms with Crippen molar-refractivity contribution in [3.63, 3.8) is 0 Å². The van der Waals surface area contributed by atoms with Crippen LogP contribution >= 0.6 is 11.6 Å². The Kier molecular flexibility index (Phi) is 4.74. The highest BCUT2D eigenvalue weighted by Gasteiger charge is 2.21. The Balaban J connectivity index is 2.14. The second-order valence-electron chi connectivity index (χ2n) is 4.57. The molecule has 5 nitrogen and oxygen atoms in total. The van der Waals surface area contributed by atoms with E-state index in [0.29, 0.717) is 30.2 Å². The summed E-state index contributed by atoms with van der Waals surface area (Å²) in [6.45, 7) is 2.63. The summed E-state index contributed by atoms with van der Waals surface area (Å²) in [5.74, 6) is -0.680. The first-order valence-corrected chi connectivity index (χ1v) is 6.82. The number of aryl methyl sites for hydroxylation is 1. The van der Waals surface area contributed by atoms with Crippen LogP contribution in [0, 0.1) is 5.92 Å². The highest BCUT2D eigenvalue weighted by Crippen LogP contribution is 2.17. The molecule has 20 heavy (non-hydrogen) atoms. The zero-order valence-corrected chi connectivity index (χ0v) is 11.9. The highest BCUT2D eigenvalue weighted by molar-refractivity contribution is 6.30. The molecule has 0 bridgehead atoms. The summed E-state index contributed by atoms with van der Waals surface area (Å²) in [6.07, 6.45) is 2.24. The maximum absolute atomic E-state index is 11.4. The first kappa shape index (κ1) is 14.5. The SMILES string of the molecule is CCn1ncnc1CC(Cc1cccc(Cl)c1)C(=O)O. The molecule has 1 unspecified atom stereocenters. The lowest BCUT2D eigenvalue weighted by Crippen LogP contribution is -2.21. The summed E-state index contributed by atoms with van der Waals surface area (Å²) >= 11 is 5.92. The fourth-order valence-corrected chi connectivity index (χ4v) is 2.34. The van der Waals surface area contributed by atoms with E-state index in [2.05, 4.69) is 10.1 Å². The number of carbonyl (C=O) groups is 1. The number of hydrogen-bond donors (Lipinski definition) is 1. The molecule has 0 saturated carbocycles. The van der Waals surface area contributed by atoms with Gasteiger partial charge in [-0.05, 0) is 31.0 Å². The molecule has 106 valence electrons. The minimum Gasteiger partial charge on any atom is -0.481 e. The van der Waals surface area contributed by atoms with Crippen LogP contribution in [0.1, 0.15) is 18.3 Å². The van der Waals surface area contributed by atoms with E-state index in [1.807, 2.05) is 19.1 Å². The van der Waals surface area contributed by atoms with Crippen LogP contribution in [-0.2, 0) is 24.2 Å². The third-order valence-corrected chi connectivity index (χ3v) is 3.38. The molecule has 0 radical (unpaired) electrons. The predicted molar refractivity (Wildman–Crippen MR) is 75.7 cm³/mol. The van der Waals surface area contributed by atoms with Crippen molar-refractivity contribution in [1.82, 2.24) is 14.8 Å². The van der Waals surface area contributed by atoms with Crippen molar-refractivity contribution in [3.8, 4) is 0 Å². The molecule has 2 rings (SSSR count). The molecular formula is C14H16ClN3O2. The van der Waals surface area contributed by atoms with E-state index >= 15 is 0 Å². The van der Waals surface area contributed by atoms with E-state index < -0.39 is 11.9 Å². The Hall–Kier alpha value is -1.88. The smallest absolute Gasteiger partial charge is 0.307 e. The van der Waals surface area contributed by atoms with Crippen molar-refractivity contribution in [2.45, 2.75) is 26.3 Å². The van der Waals surface area contributed by atoms with Gasteiger partial charge in [-0.3, -0.25) is 9.48 Å². The molecule has 1 aromatic heterocycles. The zero-order chi connectivity index (χ0) is 14.5. The predicted octanol–water partition coefficient (Wildman–Crippen LogP) is 2.44. The Morgan fingerprint density at radius 3 is 2.90 bits per heavy atom. The fraction of sp³-hybridized carbons (Fsp3) is 0.357. The number of carboxylic acids is 1. The van der Waals surface area contributed by atoms with Gasteiger partial charge in [0.05, 0.1) is 5.92 Å². The Bertz CT molecular complexity index is 598. The summed E-state index contributed by atoms with van der Waals surface area (Å²) in [5.41, 5.74) is 0.910. The van der Waals surface area contributed by atoms with Crippen LogP contribution in [0.2, 0.25) is 5.02 Å². The molecule has 0 amide bonds. The van der Waals surface area contributed by atoms with Crippen LogP contribution in [0.25, 0.3) is 0 Å². The van der Waals surface area contributed by atoms with E-state index in [1.54, 1.807) is 16.8 Å². The van der Waals surface area contributed by atoms with Gasteiger partial charge in [-0.15, -0.1) is 0 Å². The molecule has 0 spiro atoms. The first-order valence-electron chi connectivity index (χ1n) is 6.44. The number of hydrogen-bond acceptors (Lipinski definition) is 3. The molecule has 0 aliphatic rings. The summed E-state index contributed by atoms with van der Waals surface area (Å²) in [6, 6.07) is 7.27. The lowest BCUT2D eigenvalue weighted by molar-refractivity contribution is -0.141. The van der Waals surface area contributed by atoms with Crippen molar-refractivity contribution < 1.29 is 9.90 Å². The Labute approximate surface area is 122 Å². The van der Waals surface area contributed by atoms with Gasteiger partial charge in [0.25, 0.3) is 0 Å². The molecule has 0 aliphatic heterocycles. The Morgan fingerprint density at radius 2 is 2.25 bits per heavy atom. The van der Waals surface area contributed by atoms with E-state index in [-0.39, 0.29) is 0 Å². The third kappa shape index (κ3) is 3.57. The standard InChI is InChI=1S/C14H16ClN3O2/c1-2-18-13(16-9-17-18)8-11(14(19)20)6-10-4-3-5-12(15)7-10/h3-5,7,9,11H,2,6,8H2,1H3,(H,19,20). The zero-order valence-electron chi connectivity index (χ0n) is 11.2. The number of carboxylic acid groups (broad SMARTS) is 1. The number of benzene rings is 1. The van der Waals surface area contributed by atoms with E-state index in [4.69, 9.17) is 11.6 Å². The summed E-state index contributed by atoms with van der Waals surface area (Å²) in [4.78, 5) is 15.6. The van der Waals surface area contributed by atoms with Crippen LogP contribution in [0.15, 0.2) is 30.6 Å². The highest BCUT2D eigenvalue weighted by atomic mass is 35.5. The van der Waals surface area contributed by atoms with Gasteiger partial charge in [-0.1, -0.05) is 23.7 Å². The molecule has 0 fully saturated rings. The summed E-state index contributed by atoms with van der Waals surface area (Å²) in [5, 5.41) is 14.0. The average Bonchev–Trinajstić information content (AvgIpc) is 2.85. The van der Waals surface area contributed by atoms with Crippen molar-refractivity contribution in [2.24, 2.45) is 5.92 Å². The van der Waals surface area contributed by atoms with Gasteiger partial charge in [0.1, 0.15) is 12.2 Å². The first-order chi connectivity index (χ1) is 9.60. The van der Waals surface area contributed by atoms with Gasteiger partial charge < -0.3 is 5.11 Å². The lowest BCUT2D eigenvalue weighted by Gasteiger charge is -2.12. The second-order valence-corrected chi connectivity index (χ2v) is 5.00. The van der Waals surface area contributed by atoms with Crippen molar-refractivity contribution in [1.29, 1.82) is 0 Å². The van der Waals surface area contributed by atoms with Crippen LogP contribution in [0.5, 0.6) is 0 Å². The van der Waals surface area contributed by atoms with Crippen LogP contribution in [0.4, 0.5) is 0 Å². The maximum Gasteiger partial charge on any atom is 0.307 e. The van der Waals surface area contributed by atoms with E-state index in [1.165, 1.54) is 6.33 Å². The molecular weight excluding hydrogens is 278 g/mol. The van der Waals surface area contributed by atoms with Gasteiger partial charge in [0.15, 0.2) is 0 Å². The van der Waals surface area contributed by atoms with Crippen LogP contribution < -0.4 is 0 Å². The monoisotopic (exact) mass is 293 g/mol. The average molecular weight is 294 g/mol. The van der Waals surface area contributed by atoms with Crippen LogP contribution in [0.3, 0.4) is 0 Å². The fourth-order valence-electron chi connectivity index (χ4n) is 2.13. The summed E-state index contributed by atoms with van der Waals surface area (Å²) < 4.78 is 1.72. The van der Waals surface area contributed by atoms with Gasteiger partial charge in [0, 0.05) is 18.0 Å². The van der Waals surface area contributed by atoms with Gasteiger partial charge >= 0.3 is 5.97 Å². The molecule has 0 saturated heterocycles. The number of halogens is 1. The van der Waals surface area contributed by atoms with E-state index in [9.17, 15) is 9.90 Å². The van der Waals surface area contributed by atoms with Crippen molar-refractivity contribution >= 4 is 17.6 Å². The minimum absolute atomic E-state index is 0.357. The maximum atomic E-state index is 11.4. The lowest BCUT2D eigenvalue weighted by atomic mass is 9.96. The van der Waals surface area contributed by atoms with Crippen LogP contribution in [-0.4, -0.2) is 25.8 Å². The molecule has 2 aromatic rings. The van der Waals surface area contributed by atoms with E-state index in [0.717, 1.165) is 5.56 Å². The molecule has 1 atom stereocenters. The Morgan fingerprint density at radius 1 is 1.45 bits per heavy atom. The van der Waals surface area contributed by atoms with Gasteiger partial charge in [-0.25, -0.2) is 4.98 Å². The second kappa shape index (κ2) is 6.52. The molecule has 1 heterocycles. The van der Waals surface area contributed by atoms with Crippen molar-refractivity contribution in [2.75, 3.05) is 0 Å². The van der Waals surface area contributed by atoms with Gasteiger partial charge in [0.2, 0.25) is 0 Å². The topological polar surface area (TPSA) is 68.0 Å². The normalized spacial score (nSPS) is 12.3. The number of nitrogens with zero attached hydrogens (tertiary/aromatic N) is 3. The quantitative estimate of drug-likeness (QED) is 0.888. The summed E-state index contributed by atoms with van der Waals surface area (Å²) in [7, 11) is 0. The van der Waals surface area contributed by atoms with Crippen molar-refractivity contribution in [3.05, 3.63) is 47.0 Å². The molecule has 6 heteroatoms. The number of aliphatic carboxylic acids is 1. The molecule has 1 N–H and O–H groups in total. The largest absolute Gasteiger partial charge is 0.481 e. The number of rotatable bonds is 6. The number of aromatic nitrogens is 3. The minimum atomic E-state index is -0.837. The third-order valence-electron chi connectivity index (χ3n) is 3.14. The van der Waals surface area contributed by atoms with Gasteiger partial charge in [-0.2, -0.15) is 5.10 Å².